The van der Waals surface area contributed by atoms with Crippen LogP contribution < -0.4 is 5.32 Å². The fourth-order valence-corrected chi connectivity index (χ4v) is 1.94. The predicted molar refractivity (Wildman–Crippen MR) is 77.2 cm³/mol. The van der Waals surface area contributed by atoms with Crippen LogP contribution in [0.25, 0.3) is 0 Å². The van der Waals surface area contributed by atoms with Crippen LogP contribution in [0.2, 0.25) is 0 Å². The minimum absolute atomic E-state index is 0.103. The molecule has 110 valence electrons. The minimum Gasteiger partial charge on any atom is -0.478 e. The largest absolute Gasteiger partial charge is 0.478 e. The van der Waals surface area contributed by atoms with Crippen molar-refractivity contribution in [2.24, 2.45) is 0 Å². The number of carboxylic acids is 1. The van der Waals surface area contributed by atoms with Gasteiger partial charge in [-0.05, 0) is 44.9 Å². The van der Waals surface area contributed by atoms with Gasteiger partial charge in [-0.1, -0.05) is 6.07 Å². The molecule has 1 amide bonds. The van der Waals surface area contributed by atoms with Crippen LogP contribution in [0.5, 0.6) is 0 Å². The summed E-state index contributed by atoms with van der Waals surface area (Å²) in [5.74, 6) is -1.33. The maximum absolute atomic E-state index is 12.0. The molecule has 0 aliphatic carbocycles. The zero-order chi connectivity index (χ0) is 15.5. The molecule has 0 bridgehead atoms. The third-order valence-corrected chi connectivity index (χ3v) is 3.11. The Morgan fingerprint density at radius 3 is 2.40 bits per heavy atom. The van der Waals surface area contributed by atoms with Crippen molar-refractivity contribution in [1.29, 1.82) is 0 Å². The van der Waals surface area contributed by atoms with Crippen molar-refractivity contribution < 1.29 is 19.4 Å². The number of carboxylic acid groups (broad SMARTS) is 1. The number of nitrogens with one attached hydrogen (secondary N) is 1. The second-order valence-electron chi connectivity index (χ2n) is 5.50. The molecule has 0 unspecified atom stereocenters. The summed E-state index contributed by atoms with van der Waals surface area (Å²) in [7, 11) is 1.53. The van der Waals surface area contributed by atoms with Crippen molar-refractivity contribution >= 4 is 17.6 Å². The average Bonchev–Trinajstić information content (AvgIpc) is 2.31. The Morgan fingerprint density at radius 1 is 1.30 bits per heavy atom. The lowest BCUT2D eigenvalue weighted by molar-refractivity contribution is -0.121. The van der Waals surface area contributed by atoms with E-state index in [1.807, 2.05) is 13.0 Å². The van der Waals surface area contributed by atoms with Gasteiger partial charge in [-0.2, -0.15) is 0 Å². The smallest absolute Gasteiger partial charge is 0.337 e. The molecule has 0 aliphatic heterocycles. The fourth-order valence-electron chi connectivity index (χ4n) is 1.94. The van der Waals surface area contributed by atoms with E-state index >= 15 is 0 Å². The molecule has 2 N–H and O–H groups in total. The number of anilines is 1. The second-order valence-corrected chi connectivity index (χ2v) is 5.50. The molecule has 0 saturated carbocycles. The fraction of sp³-hybridized carbons (Fsp3) is 0.467. The number of ether oxygens (including phenoxy) is 1. The molecule has 0 aliphatic rings. The molecule has 0 spiro atoms. The molecule has 0 atom stereocenters. The number of carbonyl (C=O) groups is 2. The van der Waals surface area contributed by atoms with E-state index in [9.17, 15) is 14.7 Å². The second kappa shape index (κ2) is 6.05. The van der Waals surface area contributed by atoms with E-state index in [-0.39, 0.29) is 17.9 Å². The number of rotatable bonds is 5. The maximum Gasteiger partial charge on any atom is 0.337 e. The van der Waals surface area contributed by atoms with E-state index in [0.29, 0.717) is 5.69 Å². The van der Waals surface area contributed by atoms with Crippen LogP contribution in [0.3, 0.4) is 0 Å². The first-order chi connectivity index (χ1) is 9.16. The third kappa shape index (κ3) is 4.06. The van der Waals surface area contributed by atoms with Crippen molar-refractivity contribution in [3.05, 3.63) is 28.8 Å². The average molecular weight is 279 g/mol. The SMILES string of the molecule is COC(C)(C)CC(=O)Nc1c(C)cc(C)cc1C(=O)O. The first-order valence-electron chi connectivity index (χ1n) is 6.36. The molecule has 5 nitrogen and oxygen atoms in total. The van der Waals surface area contributed by atoms with Crippen LogP contribution in [-0.2, 0) is 9.53 Å². The molecule has 0 saturated heterocycles. The summed E-state index contributed by atoms with van der Waals surface area (Å²) >= 11 is 0. The normalized spacial score (nSPS) is 11.2. The van der Waals surface area contributed by atoms with Crippen LogP contribution in [0, 0.1) is 13.8 Å². The Kier molecular flexibility index (Phi) is 4.89. The molecule has 20 heavy (non-hydrogen) atoms. The van der Waals surface area contributed by atoms with Gasteiger partial charge in [-0.3, -0.25) is 4.79 Å². The molecule has 1 aromatic carbocycles. The molecule has 0 fully saturated rings. The topological polar surface area (TPSA) is 75.6 Å². The first-order valence-corrected chi connectivity index (χ1v) is 6.36. The van der Waals surface area contributed by atoms with Gasteiger partial charge in [-0.25, -0.2) is 4.79 Å². The molecule has 1 aromatic rings. The van der Waals surface area contributed by atoms with Gasteiger partial charge >= 0.3 is 5.97 Å². The van der Waals surface area contributed by atoms with Crippen molar-refractivity contribution in [3.8, 4) is 0 Å². The summed E-state index contributed by atoms with van der Waals surface area (Å²) in [6, 6.07) is 3.38. The van der Waals surface area contributed by atoms with Crippen molar-refractivity contribution in [3.63, 3.8) is 0 Å². The van der Waals surface area contributed by atoms with Gasteiger partial charge in [0, 0.05) is 7.11 Å². The van der Waals surface area contributed by atoms with Crippen LogP contribution >= 0.6 is 0 Å². The van der Waals surface area contributed by atoms with Gasteiger partial charge in [-0.15, -0.1) is 0 Å². The summed E-state index contributed by atoms with van der Waals surface area (Å²) in [4.78, 5) is 23.3. The molecular formula is C15H21NO4. The number of hydrogen-bond donors (Lipinski definition) is 2. The van der Waals surface area contributed by atoms with Crippen LogP contribution in [0.4, 0.5) is 5.69 Å². The number of aromatic carboxylic acids is 1. The zero-order valence-electron chi connectivity index (χ0n) is 12.5. The predicted octanol–water partition coefficient (Wildman–Crippen LogP) is 2.76. The lowest BCUT2D eigenvalue weighted by Crippen LogP contribution is -2.30. The van der Waals surface area contributed by atoms with Gasteiger partial charge in [0.25, 0.3) is 0 Å². The van der Waals surface area contributed by atoms with Crippen molar-refractivity contribution in [2.45, 2.75) is 39.7 Å². The van der Waals surface area contributed by atoms with E-state index in [4.69, 9.17) is 4.74 Å². The Morgan fingerprint density at radius 2 is 1.90 bits per heavy atom. The number of benzene rings is 1. The highest BCUT2D eigenvalue weighted by molar-refractivity contribution is 6.01. The monoisotopic (exact) mass is 279 g/mol. The lowest BCUT2D eigenvalue weighted by atomic mass is 10.0. The maximum atomic E-state index is 12.0. The highest BCUT2D eigenvalue weighted by Gasteiger charge is 2.23. The molecule has 0 aromatic heterocycles. The standard InChI is InChI=1S/C15H21NO4/c1-9-6-10(2)13(11(7-9)14(18)19)16-12(17)8-15(3,4)20-5/h6-7H,8H2,1-5H3,(H,16,17)(H,18,19). The Bertz CT molecular complexity index is 535. The summed E-state index contributed by atoms with van der Waals surface area (Å²) in [5.41, 5.74) is 1.43. The third-order valence-electron chi connectivity index (χ3n) is 3.11. The number of carbonyl (C=O) groups excluding carboxylic acids is 1. The van der Waals surface area contributed by atoms with Crippen LogP contribution in [0.15, 0.2) is 12.1 Å². The number of aryl methyl sites for hydroxylation is 2. The zero-order valence-corrected chi connectivity index (χ0v) is 12.5. The number of hydrogen-bond acceptors (Lipinski definition) is 3. The Balaban J connectivity index is 3.03. The molecule has 5 heteroatoms. The van der Waals surface area contributed by atoms with Crippen molar-refractivity contribution in [1.82, 2.24) is 0 Å². The van der Waals surface area contributed by atoms with E-state index in [2.05, 4.69) is 5.32 Å². The van der Waals surface area contributed by atoms with Crippen molar-refractivity contribution in [2.75, 3.05) is 12.4 Å². The molecule has 1 rings (SSSR count). The van der Waals surface area contributed by atoms with Crippen LogP contribution in [-0.4, -0.2) is 29.7 Å². The number of amides is 1. The van der Waals surface area contributed by atoms with E-state index in [0.717, 1.165) is 11.1 Å². The highest BCUT2D eigenvalue weighted by atomic mass is 16.5. The van der Waals surface area contributed by atoms with E-state index in [1.165, 1.54) is 7.11 Å². The molecule has 0 radical (unpaired) electrons. The Hall–Kier alpha value is -1.88. The quantitative estimate of drug-likeness (QED) is 0.869. The Labute approximate surface area is 118 Å². The lowest BCUT2D eigenvalue weighted by Gasteiger charge is -2.22. The summed E-state index contributed by atoms with van der Waals surface area (Å²) < 4.78 is 5.20. The molecular weight excluding hydrogens is 258 g/mol. The van der Waals surface area contributed by atoms with Gasteiger partial charge < -0.3 is 15.2 Å². The number of methoxy groups -OCH3 is 1. The van der Waals surface area contributed by atoms with E-state index in [1.54, 1.807) is 26.8 Å². The summed E-state index contributed by atoms with van der Waals surface area (Å²) in [5, 5.41) is 11.9. The minimum atomic E-state index is -1.06. The summed E-state index contributed by atoms with van der Waals surface area (Å²) in [6.45, 7) is 7.19. The van der Waals surface area contributed by atoms with E-state index < -0.39 is 11.6 Å². The van der Waals surface area contributed by atoms with Gasteiger partial charge in [0.05, 0.1) is 23.3 Å². The van der Waals surface area contributed by atoms with Gasteiger partial charge in [0.2, 0.25) is 5.91 Å². The summed E-state index contributed by atoms with van der Waals surface area (Å²) in [6.07, 6.45) is 0.149. The van der Waals surface area contributed by atoms with Gasteiger partial charge in [0.15, 0.2) is 0 Å². The highest BCUT2D eigenvalue weighted by Crippen LogP contribution is 2.24. The van der Waals surface area contributed by atoms with Crippen LogP contribution in [0.1, 0.15) is 41.8 Å². The van der Waals surface area contributed by atoms with Gasteiger partial charge in [0.1, 0.15) is 0 Å². The molecule has 0 heterocycles. The first kappa shape index (κ1) is 16.2.